The van der Waals surface area contributed by atoms with E-state index < -0.39 is 5.72 Å². The van der Waals surface area contributed by atoms with Crippen molar-refractivity contribution < 1.29 is 18.7 Å². The number of hydrogen-bond donors (Lipinski definition) is 2. The molecule has 0 aliphatic carbocycles. The topological polar surface area (TPSA) is 83.8 Å². The second-order valence-electron chi connectivity index (χ2n) is 7.67. The van der Waals surface area contributed by atoms with Gasteiger partial charge in [0.25, 0.3) is 5.91 Å². The fourth-order valence-electron chi connectivity index (χ4n) is 4.18. The number of nitrogens with zero attached hydrogens (tertiary/aromatic N) is 1. The molecular formula is C23H21N3O4. The molecule has 7 nitrogen and oxygen atoms in total. The Hall–Kier alpha value is -3.74. The molecule has 3 aromatic rings. The van der Waals surface area contributed by atoms with Crippen molar-refractivity contribution >= 4 is 17.6 Å². The maximum absolute atomic E-state index is 13.0. The lowest BCUT2D eigenvalue weighted by Gasteiger charge is -2.50. The van der Waals surface area contributed by atoms with Gasteiger partial charge >= 0.3 is 6.03 Å². The van der Waals surface area contributed by atoms with Gasteiger partial charge in [0.15, 0.2) is 5.72 Å². The number of carbonyl (C=O) groups excluding carboxylic acids is 2. The molecule has 0 saturated carbocycles. The van der Waals surface area contributed by atoms with E-state index in [-0.39, 0.29) is 18.0 Å². The van der Waals surface area contributed by atoms with Crippen LogP contribution in [0.2, 0.25) is 0 Å². The predicted octanol–water partition coefficient (Wildman–Crippen LogP) is 3.98. The number of fused-ring (bicyclic) bond motifs is 4. The summed E-state index contributed by atoms with van der Waals surface area (Å²) in [7, 11) is 0. The molecule has 0 radical (unpaired) electrons. The minimum atomic E-state index is -0.857. The Morgan fingerprint density at radius 2 is 2.07 bits per heavy atom. The van der Waals surface area contributed by atoms with Crippen molar-refractivity contribution in [3.05, 3.63) is 83.8 Å². The quantitative estimate of drug-likeness (QED) is 0.690. The van der Waals surface area contributed by atoms with E-state index in [1.54, 1.807) is 47.6 Å². The molecule has 0 unspecified atom stereocenters. The van der Waals surface area contributed by atoms with E-state index >= 15 is 0 Å². The third-order valence-electron chi connectivity index (χ3n) is 5.55. The van der Waals surface area contributed by atoms with E-state index in [0.29, 0.717) is 30.0 Å². The molecule has 2 N–H and O–H groups in total. The van der Waals surface area contributed by atoms with Crippen molar-refractivity contribution in [1.29, 1.82) is 0 Å². The van der Waals surface area contributed by atoms with E-state index in [1.807, 2.05) is 31.2 Å². The van der Waals surface area contributed by atoms with Gasteiger partial charge in [-0.3, -0.25) is 9.69 Å². The number of anilines is 1. The van der Waals surface area contributed by atoms with Gasteiger partial charge in [-0.25, -0.2) is 4.79 Å². The highest BCUT2D eigenvalue weighted by Crippen LogP contribution is 2.45. The highest BCUT2D eigenvalue weighted by Gasteiger charge is 2.49. The van der Waals surface area contributed by atoms with Crippen molar-refractivity contribution in [3.63, 3.8) is 0 Å². The van der Waals surface area contributed by atoms with Crippen molar-refractivity contribution in [2.75, 3.05) is 4.90 Å². The molecule has 2 atom stereocenters. The van der Waals surface area contributed by atoms with Gasteiger partial charge in [-0.2, -0.15) is 0 Å². The average molecular weight is 403 g/mol. The fraction of sp³-hybridized carbons (Fsp3) is 0.217. The number of urea groups is 1. The SMILES string of the molecule is C[C@@]12C[C@@H](NC(=O)N1c1cccc(C(=O)NCc3ccco3)c1)c1ccccc1O2. The molecular weight excluding hydrogens is 382 g/mol. The summed E-state index contributed by atoms with van der Waals surface area (Å²) in [4.78, 5) is 27.2. The summed E-state index contributed by atoms with van der Waals surface area (Å²) >= 11 is 0. The molecule has 2 bridgehead atoms. The number of carbonyl (C=O) groups is 2. The van der Waals surface area contributed by atoms with Crippen LogP contribution in [0.3, 0.4) is 0 Å². The molecule has 1 fully saturated rings. The van der Waals surface area contributed by atoms with Crippen LogP contribution in [-0.2, 0) is 6.54 Å². The molecule has 3 heterocycles. The molecule has 7 heteroatoms. The molecule has 2 aliphatic rings. The third kappa shape index (κ3) is 3.08. The first-order valence-electron chi connectivity index (χ1n) is 9.83. The zero-order valence-corrected chi connectivity index (χ0v) is 16.4. The molecule has 5 rings (SSSR count). The van der Waals surface area contributed by atoms with E-state index in [0.717, 1.165) is 11.3 Å². The minimum absolute atomic E-state index is 0.108. The number of nitrogens with one attached hydrogen (secondary N) is 2. The first-order valence-corrected chi connectivity index (χ1v) is 9.83. The number of amides is 3. The summed E-state index contributed by atoms with van der Waals surface area (Å²) in [6.45, 7) is 2.19. The number of furan rings is 1. The molecule has 2 aliphatic heterocycles. The van der Waals surface area contributed by atoms with Crippen molar-refractivity contribution in [1.82, 2.24) is 10.6 Å². The highest BCUT2D eigenvalue weighted by atomic mass is 16.5. The van der Waals surface area contributed by atoms with Crippen molar-refractivity contribution in [3.8, 4) is 5.75 Å². The van der Waals surface area contributed by atoms with Crippen molar-refractivity contribution in [2.24, 2.45) is 0 Å². The lowest BCUT2D eigenvalue weighted by atomic mass is 9.90. The van der Waals surface area contributed by atoms with Gasteiger partial charge in [-0.15, -0.1) is 0 Å². The first-order chi connectivity index (χ1) is 14.5. The number of rotatable bonds is 4. The molecule has 3 amide bonds. The van der Waals surface area contributed by atoms with E-state index in [1.165, 1.54) is 0 Å². The Labute approximate surface area is 173 Å². The monoisotopic (exact) mass is 403 g/mol. The first kappa shape index (κ1) is 18.3. The summed E-state index contributed by atoms with van der Waals surface area (Å²) in [5, 5.41) is 5.89. The fourth-order valence-corrected chi connectivity index (χ4v) is 4.18. The lowest BCUT2D eigenvalue weighted by molar-refractivity contribution is 0.0378. The maximum atomic E-state index is 13.0. The van der Waals surface area contributed by atoms with E-state index in [2.05, 4.69) is 10.6 Å². The van der Waals surface area contributed by atoms with Gasteiger partial charge in [-0.05, 0) is 43.3 Å². The van der Waals surface area contributed by atoms with Gasteiger partial charge in [0, 0.05) is 17.5 Å². The normalized spacial score (nSPS) is 22.0. The second-order valence-corrected chi connectivity index (χ2v) is 7.67. The smallest absolute Gasteiger partial charge is 0.325 e. The number of para-hydroxylation sites is 1. The Morgan fingerprint density at radius 3 is 2.90 bits per heavy atom. The molecule has 30 heavy (non-hydrogen) atoms. The summed E-state index contributed by atoms with van der Waals surface area (Å²) in [5.41, 5.74) is 1.17. The standard InChI is InChI=1S/C23H21N3O4/c1-23-13-19(18-9-2-3-10-20(18)30-23)25-22(28)26(23)16-7-4-6-15(12-16)21(27)24-14-17-8-5-11-29-17/h2-12,19H,13-14H2,1H3,(H,24,27)(H,25,28)/t19-,23-/m1/s1. The molecule has 1 saturated heterocycles. The van der Waals surface area contributed by atoms with Crippen LogP contribution in [-0.4, -0.2) is 17.7 Å². The van der Waals surface area contributed by atoms with Gasteiger partial charge < -0.3 is 19.8 Å². The Bertz CT molecular complexity index is 1110. The minimum Gasteiger partial charge on any atom is -0.467 e. The van der Waals surface area contributed by atoms with Crippen LogP contribution in [0.15, 0.2) is 71.3 Å². The van der Waals surface area contributed by atoms with E-state index in [4.69, 9.17) is 9.15 Å². The molecule has 152 valence electrons. The van der Waals surface area contributed by atoms with Crippen LogP contribution in [0.1, 0.15) is 41.1 Å². The predicted molar refractivity (Wildman–Crippen MR) is 110 cm³/mol. The van der Waals surface area contributed by atoms with Crippen molar-refractivity contribution in [2.45, 2.75) is 31.7 Å². The van der Waals surface area contributed by atoms with Gasteiger partial charge in [0.1, 0.15) is 11.5 Å². The zero-order valence-electron chi connectivity index (χ0n) is 16.4. The maximum Gasteiger partial charge on any atom is 0.325 e. The lowest BCUT2D eigenvalue weighted by Crippen LogP contribution is -2.65. The summed E-state index contributed by atoms with van der Waals surface area (Å²) in [6, 6.07) is 17.9. The molecule has 1 aromatic heterocycles. The van der Waals surface area contributed by atoms with Crippen LogP contribution in [0, 0.1) is 0 Å². The number of ether oxygens (including phenoxy) is 1. The largest absolute Gasteiger partial charge is 0.467 e. The van der Waals surface area contributed by atoms with Crippen LogP contribution in [0.4, 0.5) is 10.5 Å². The zero-order chi connectivity index (χ0) is 20.7. The average Bonchev–Trinajstić information content (AvgIpc) is 3.25. The van der Waals surface area contributed by atoms with Crippen LogP contribution >= 0.6 is 0 Å². The number of benzene rings is 2. The van der Waals surface area contributed by atoms with Crippen LogP contribution in [0.25, 0.3) is 0 Å². The Balaban J connectivity index is 1.42. The van der Waals surface area contributed by atoms with Crippen LogP contribution in [0.5, 0.6) is 5.75 Å². The van der Waals surface area contributed by atoms with Gasteiger partial charge in [-0.1, -0.05) is 24.3 Å². The van der Waals surface area contributed by atoms with Gasteiger partial charge in [0.05, 0.1) is 24.5 Å². The van der Waals surface area contributed by atoms with Crippen LogP contribution < -0.4 is 20.3 Å². The summed E-state index contributed by atoms with van der Waals surface area (Å²) in [6.07, 6.45) is 2.16. The third-order valence-corrected chi connectivity index (χ3v) is 5.55. The highest BCUT2D eigenvalue weighted by molar-refractivity contribution is 5.98. The Morgan fingerprint density at radius 1 is 1.20 bits per heavy atom. The second kappa shape index (κ2) is 6.95. The number of hydrogen-bond acceptors (Lipinski definition) is 4. The summed E-state index contributed by atoms with van der Waals surface area (Å²) in [5.74, 6) is 1.18. The molecule has 0 spiro atoms. The van der Waals surface area contributed by atoms with Gasteiger partial charge in [0.2, 0.25) is 0 Å². The summed E-state index contributed by atoms with van der Waals surface area (Å²) < 4.78 is 11.5. The Kier molecular flexibility index (Phi) is 4.24. The molecule has 2 aromatic carbocycles. The van der Waals surface area contributed by atoms with E-state index in [9.17, 15) is 9.59 Å².